The molecule has 0 spiro atoms. The van der Waals surface area contributed by atoms with Crippen LogP contribution < -0.4 is 0 Å². The largest absolute Gasteiger partial charge is 0.340 e. The summed E-state index contributed by atoms with van der Waals surface area (Å²) in [6.45, 7) is 1.92. The van der Waals surface area contributed by atoms with Crippen LogP contribution in [0.15, 0.2) is 0 Å². The predicted octanol–water partition coefficient (Wildman–Crippen LogP) is 3.67. The quantitative estimate of drug-likeness (QED) is 0.681. The van der Waals surface area contributed by atoms with E-state index in [4.69, 9.17) is 0 Å². The molecule has 0 aliphatic carbocycles. The van der Waals surface area contributed by atoms with Gasteiger partial charge in [0.25, 0.3) is 0 Å². The maximum atomic E-state index is 12.9. The van der Waals surface area contributed by atoms with Crippen molar-refractivity contribution in [3.63, 3.8) is 0 Å². The Hall–Kier alpha value is -0.330. The fraction of sp³-hybridized carbons (Fsp3) is 0.889. The zero-order chi connectivity index (χ0) is 13.0. The van der Waals surface area contributed by atoms with Crippen LogP contribution in [0.1, 0.15) is 26.7 Å². The summed E-state index contributed by atoms with van der Waals surface area (Å²) in [5, 5.41) is -0.354. The first kappa shape index (κ1) is 15.7. The lowest BCUT2D eigenvalue weighted by Gasteiger charge is -2.27. The van der Waals surface area contributed by atoms with E-state index in [2.05, 4.69) is 0 Å². The van der Waals surface area contributed by atoms with Crippen LogP contribution in [-0.2, 0) is 4.79 Å². The SMILES string of the molecule is CCC(=O)SCCC(F)(F)C(F)(F)C(C)F. The van der Waals surface area contributed by atoms with Crippen molar-refractivity contribution >= 4 is 16.9 Å². The molecule has 1 unspecified atom stereocenters. The molecule has 0 amide bonds. The standard InChI is InChI=1S/C9H13F5OS/c1-3-7(15)16-5-4-8(11,12)9(13,14)6(2)10/h6H,3-5H2,1-2H3. The lowest BCUT2D eigenvalue weighted by atomic mass is 10.1. The van der Waals surface area contributed by atoms with E-state index in [1.807, 2.05) is 0 Å². The molecule has 0 aromatic carbocycles. The van der Waals surface area contributed by atoms with E-state index in [1.54, 1.807) is 0 Å². The van der Waals surface area contributed by atoms with Gasteiger partial charge in [-0.25, -0.2) is 4.39 Å². The summed E-state index contributed by atoms with van der Waals surface area (Å²) in [4.78, 5) is 10.7. The predicted molar refractivity (Wildman–Crippen MR) is 52.8 cm³/mol. The molecule has 0 aromatic rings. The van der Waals surface area contributed by atoms with E-state index in [0.29, 0.717) is 18.7 Å². The smallest absolute Gasteiger partial charge is 0.287 e. The van der Waals surface area contributed by atoms with Crippen molar-refractivity contribution in [3.05, 3.63) is 0 Å². The second-order valence-corrected chi connectivity index (χ2v) is 4.42. The summed E-state index contributed by atoms with van der Waals surface area (Å²) >= 11 is 0.556. The van der Waals surface area contributed by atoms with Crippen molar-refractivity contribution in [2.45, 2.75) is 44.7 Å². The van der Waals surface area contributed by atoms with E-state index in [-0.39, 0.29) is 11.5 Å². The molecular formula is C9H13F5OS. The van der Waals surface area contributed by atoms with Crippen molar-refractivity contribution in [3.8, 4) is 0 Å². The summed E-state index contributed by atoms with van der Waals surface area (Å²) in [5.41, 5.74) is 0. The second-order valence-electron chi connectivity index (χ2n) is 3.27. The molecule has 0 saturated heterocycles. The Kier molecular flexibility index (Phi) is 5.72. The Morgan fingerprint density at radius 3 is 2.19 bits per heavy atom. The average molecular weight is 264 g/mol. The molecule has 0 aromatic heterocycles. The zero-order valence-corrected chi connectivity index (χ0v) is 9.72. The normalized spacial score (nSPS) is 14.9. The summed E-state index contributed by atoms with van der Waals surface area (Å²) in [6.07, 6.45) is -3.99. The molecule has 0 saturated carbocycles. The van der Waals surface area contributed by atoms with Gasteiger partial charge in [-0.2, -0.15) is 17.6 Å². The maximum absolute atomic E-state index is 12.9. The molecule has 0 aliphatic heterocycles. The molecule has 0 bridgehead atoms. The van der Waals surface area contributed by atoms with Gasteiger partial charge in [-0.3, -0.25) is 4.79 Å². The molecule has 96 valence electrons. The molecule has 0 aliphatic rings. The molecule has 16 heavy (non-hydrogen) atoms. The lowest BCUT2D eigenvalue weighted by Crippen LogP contribution is -2.47. The van der Waals surface area contributed by atoms with Crippen molar-refractivity contribution in [1.29, 1.82) is 0 Å². The van der Waals surface area contributed by atoms with Gasteiger partial charge in [0.05, 0.1) is 0 Å². The summed E-state index contributed by atoms with van der Waals surface area (Å²) in [7, 11) is 0. The monoisotopic (exact) mass is 264 g/mol. The summed E-state index contributed by atoms with van der Waals surface area (Å²) in [6, 6.07) is 0. The van der Waals surface area contributed by atoms with E-state index in [9.17, 15) is 26.7 Å². The summed E-state index contributed by atoms with van der Waals surface area (Å²) < 4.78 is 63.5. The molecule has 0 rings (SSSR count). The minimum atomic E-state index is -4.69. The van der Waals surface area contributed by atoms with Crippen LogP contribution in [0.2, 0.25) is 0 Å². The first-order valence-electron chi connectivity index (χ1n) is 4.70. The van der Waals surface area contributed by atoms with Gasteiger partial charge in [-0.05, 0) is 6.92 Å². The third-order valence-electron chi connectivity index (χ3n) is 1.96. The van der Waals surface area contributed by atoms with Crippen LogP contribution in [0.25, 0.3) is 0 Å². The molecule has 0 radical (unpaired) electrons. The third-order valence-corrected chi connectivity index (χ3v) is 2.97. The Labute approximate surface area is 94.8 Å². The van der Waals surface area contributed by atoms with Gasteiger partial charge in [-0.15, -0.1) is 0 Å². The molecular weight excluding hydrogens is 251 g/mol. The number of halogens is 5. The van der Waals surface area contributed by atoms with Crippen LogP contribution in [0.4, 0.5) is 22.0 Å². The van der Waals surface area contributed by atoms with E-state index < -0.39 is 30.2 Å². The minimum absolute atomic E-state index is 0.145. The van der Waals surface area contributed by atoms with E-state index in [0.717, 1.165) is 0 Å². The first-order chi connectivity index (χ1) is 7.15. The molecule has 1 nitrogen and oxygen atoms in total. The highest BCUT2D eigenvalue weighted by Crippen LogP contribution is 2.41. The van der Waals surface area contributed by atoms with Gasteiger partial charge >= 0.3 is 11.8 Å². The lowest BCUT2D eigenvalue weighted by molar-refractivity contribution is -0.235. The Bertz CT molecular complexity index is 242. The van der Waals surface area contributed by atoms with Crippen molar-refractivity contribution in [2.24, 2.45) is 0 Å². The fourth-order valence-corrected chi connectivity index (χ4v) is 1.64. The second kappa shape index (κ2) is 5.84. The van der Waals surface area contributed by atoms with Crippen molar-refractivity contribution in [1.82, 2.24) is 0 Å². The number of rotatable bonds is 6. The number of carbonyl (C=O) groups excluding carboxylic acids is 1. The number of alkyl halides is 5. The number of hydrogen-bond donors (Lipinski definition) is 0. The molecule has 0 N–H and O–H groups in total. The van der Waals surface area contributed by atoms with Crippen molar-refractivity contribution in [2.75, 3.05) is 5.75 Å². The minimum Gasteiger partial charge on any atom is -0.287 e. The molecule has 7 heteroatoms. The Balaban J connectivity index is 4.29. The number of hydrogen-bond acceptors (Lipinski definition) is 2. The highest BCUT2D eigenvalue weighted by atomic mass is 32.2. The topological polar surface area (TPSA) is 17.1 Å². The van der Waals surface area contributed by atoms with Crippen LogP contribution in [0.3, 0.4) is 0 Å². The molecule has 1 atom stereocenters. The van der Waals surface area contributed by atoms with Gasteiger partial charge in [0, 0.05) is 18.6 Å². The Morgan fingerprint density at radius 1 is 1.31 bits per heavy atom. The third kappa shape index (κ3) is 3.92. The van der Waals surface area contributed by atoms with E-state index in [1.165, 1.54) is 6.92 Å². The van der Waals surface area contributed by atoms with Crippen molar-refractivity contribution < 1.29 is 26.7 Å². The highest BCUT2D eigenvalue weighted by Gasteiger charge is 2.59. The van der Waals surface area contributed by atoms with Crippen LogP contribution in [-0.4, -0.2) is 28.9 Å². The van der Waals surface area contributed by atoms with Gasteiger partial charge in [0.15, 0.2) is 11.3 Å². The average Bonchev–Trinajstić information content (AvgIpc) is 2.16. The van der Waals surface area contributed by atoms with Crippen LogP contribution >= 0.6 is 11.8 Å². The first-order valence-corrected chi connectivity index (χ1v) is 5.69. The molecule has 0 heterocycles. The highest BCUT2D eigenvalue weighted by molar-refractivity contribution is 8.13. The fourth-order valence-electron chi connectivity index (χ4n) is 0.853. The Morgan fingerprint density at radius 2 is 1.81 bits per heavy atom. The molecule has 0 fully saturated rings. The van der Waals surface area contributed by atoms with Gasteiger partial charge < -0.3 is 0 Å². The maximum Gasteiger partial charge on any atom is 0.340 e. The van der Waals surface area contributed by atoms with Crippen LogP contribution in [0.5, 0.6) is 0 Å². The summed E-state index contributed by atoms with van der Waals surface area (Å²) in [5.74, 6) is -9.56. The van der Waals surface area contributed by atoms with Gasteiger partial charge in [-0.1, -0.05) is 18.7 Å². The van der Waals surface area contributed by atoms with E-state index >= 15 is 0 Å². The van der Waals surface area contributed by atoms with Gasteiger partial charge in [0.1, 0.15) is 0 Å². The number of carbonyl (C=O) groups is 1. The number of thioether (sulfide) groups is 1. The zero-order valence-electron chi connectivity index (χ0n) is 8.90. The van der Waals surface area contributed by atoms with Gasteiger partial charge in [0.2, 0.25) is 0 Å². The van der Waals surface area contributed by atoms with Crippen LogP contribution in [0, 0.1) is 0 Å².